The summed E-state index contributed by atoms with van der Waals surface area (Å²) in [6, 6.07) is 5.82. The van der Waals surface area contributed by atoms with Gasteiger partial charge in [-0.25, -0.2) is 4.39 Å². The highest BCUT2D eigenvalue weighted by Crippen LogP contribution is 2.11. The molecule has 90 valence electrons. The van der Waals surface area contributed by atoms with Crippen LogP contribution in [0.25, 0.3) is 0 Å². The molecule has 1 aromatic carbocycles. The van der Waals surface area contributed by atoms with Crippen LogP contribution in [0, 0.1) is 11.7 Å². The van der Waals surface area contributed by atoms with Gasteiger partial charge < -0.3 is 5.32 Å². The molecule has 0 spiro atoms. The van der Waals surface area contributed by atoms with Gasteiger partial charge in [-0.2, -0.15) is 5.10 Å². The predicted molar refractivity (Wildman–Crippen MR) is 64.2 cm³/mol. The maximum Gasteiger partial charge on any atom is 0.267 e. The molecule has 2 rings (SSSR count). The molecule has 1 aliphatic rings. The highest BCUT2D eigenvalue weighted by molar-refractivity contribution is 6.39. The molecule has 17 heavy (non-hydrogen) atoms. The van der Waals surface area contributed by atoms with E-state index < -0.39 is 0 Å². The summed E-state index contributed by atoms with van der Waals surface area (Å²) in [5, 5.41) is 6.80. The molecule has 1 heterocycles. The van der Waals surface area contributed by atoms with Crippen LogP contribution in [0.2, 0.25) is 0 Å². The summed E-state index contributed by atoms with van der Waals surface area (Å²) in [6.07, 6.45) is 0.653. The third-order valence-corrected chi connectivity index (χ3v) is 2.58. The molecule has 5 heteroatoms. The van der Waals surface area contributed by atoms with Gasteiger partial charge in [-0.3, -0.25) is 10.2 Å². The summed E-state index contributed by atoms with van der Waals surface area (Å²) in [7, 11) is 0. The van der Waals surface area contributed by atoms with Crippen molar-refractivity contribution in [2.75, 3.05) is 12.0 Å². The number of carbonyl (C=O) groups excluding carboxylic acids is 1. The Morgan fingerprint density at radius 1 is 1.41 bits per heavy atom. The Bertz CT molecular complexity index is 442. The van der Waals surface area contributed by atoms with Gasteiger partial charge in [0.1, 0.15) is 11.5 Å². The van der Waals surface area contributed by atoms with Gasteiger partial charge in [0.25, 0.3) is 5.91 Å². The fraction of sp³-hybridized carbons (Fsp3) is 0.333. The van der Waals surface area contributed by atoms with Crippen LogP contribution in [0.3, 0.4) is 0 Å². The van der Waals surface area contributed by atoms with Crippen LogP contribution in [0.5, 0.6) is 0 Å². The molecule has 0 bridgehead atoms. The number of rotatable bonds is 2. The Balaban J connectivity index is 2.04. The molecule has 1 fully saturated rings. The maximum absolute atomic E-state index is 12.7. The van der Waals surface area contributed by atoms with E-state index >= 15 is 0 Å². The number of nitrogens with zero attached hydrogens (tertiary/aromatic N) is 1. The summed E-state index contributed by atoms with van der Waals surface area (Å²) in [5.41, 5.74) is 3.89. The van der Waals surface area contributed by atoms with E-state index in [1.165, 1.54) is 12.1 Å². The molecule has 1 aliphatic heterocycles. The van der Waals surface area contributed by atoms with Gasteiger partial charge in [-0.15, -0.1) is 0 Å². The number of benzene rings is 1. The largest absolute Gasteiger partial charge is 0.351 e. The van der Waals surface area contributed by atoms with Gasteiger partial charge in [-0.1, -0.05) is 6.92 Å². The van der Waals surface area contributed by atoms with Crippen molar-refractivity contribution < 1.29 is 9.18 Å². The highest BCUT2D eigenvalue weighted by atomic mass is 19.1. The number of hydrazone groups is 1. The summed E-state index contributed by atoms with van der Waals surface area (Å²) < 4.78 is 12.7. The first kappa shape index (κ1) is 11.6. The summed E-state index contributed by atoms with van der Waals surface area (Å²) in [6.45, 7) is 2.74. The van der Waals surface area contributed by atoms with Crippen molar-refractivity contribution in [3.63, 3.8) is 0 Å². The minimum absolute atomic E-state index is 0.141. The van der Waals surface area contributed by atoms with E-state index in [1.807, 2.05) is 6.92 Å². The topological polar surface area (TPSA) is 53.5 Å². The summed E-state index contributed by atoms with van der Waals surface area (Å²) in [5.74, 6) is -0.0496. The zero-order valence-electron chi connectivity index (χ0n) is 9.53. The van der Waals surface area contributed by atoms with Crippen molar-refractivity contribution in [3.05, 3.63) is 30.1 Å². The van der Waals surface area contributed by atoms with E-state index in [1.54, 1.807) is 12.1 Å². The number of halogens is 1. The molecule has 1 amide bonds. The second kappa shape index (κ2) is 4.95. The monoisotopic (exact) mass is 235 g/mol. The zero-order valence-corrected chi connectivity index (χ0v) is 9.53. The molecule has 1 aromatic rings. The van der Waals surface area contributed by atoms with Crippen LogP contribution in [-0.4, -0.2) is 18.2 Å². The average molecular weight is 235 g/mol. The lowest BCUT2D eigenvalue weighted by molar-refractivity contribution is -0.115. The lowest BCUT2D eigenvalue weighted by Gasteiger charge is -2.19. The maximum atomic E-state index is 12.7. The molecule has 0 radical (unpaired) electrons. The Kier molecular flexibility index (Phi) is 3.37. The predicted octanol–water partition coefficient (Wildman–Crippen LogP) is 1.75. The fourth-order valence-electron chi connectivity index (χ4n) is 1.62. The Morgan fingerprint density at radius 3 is 2.82 bits per heavy atom. The van der Waals surface area contributed by atoms with Crippen LogP contribution in [0.15, 0.2) is 29.4 Å². The lowest BCUT2D eigenvalue weighted by atomic mass is 10.00. The third kappa shape index (κ3) is 3.03. The number of piperidine rings is 1. The number of hydrogen-bond acceptors (Lipinski definition) is 3. The number of carbonyl (C=O) groups is 1. The van der Waals surface area contributed by atoms with Gasteiger partial charge in [-0.05, 0) is 30.2 Å². The standard InChI is InChI=1S/C12H14FN3O/c1-8-6-11(12(17)14-7-8)16-15-10-4-2-9(13)3-5-10/h2-5,8,15H,6-7H2,1H3,(H,14,17). The number of anilines is 1. The van der Waals surface area contributed by atoms with E-state index in [9.17, 15) is 9.18 Å². The second-order valence-electron chi connectivity index (χ2n) is 4.20. The van der Waals surface area contributed by atoms with Gasteiger partial charge in [0.2, 0.25) is 0 Å². The van der Waals surface area contributed by atoms with Crippen molar-refractivity contribution >= 4 is 17.3 Å². The number of amides is 1. The minimum atomic E-state index is -0.299. The number of hydrogen-bond donors (Lipinski definition) is 2. The first-order valence-electron chi connectivity index (χ1n) is 5.51. The molecule has 0 aromatic heterocycles. The van der Waals surface area contributed by atoms with Crippen molar-refractivity contribution in [2.45, 2.75) is 13.3 Å². The van der Waals surface area contributed by atoms with Crippen LogP contribution in [-0.2, 0) is 4.79 Å². The smallest absolute Gasteiger partial charge is 0.267 e. The highest BCUT2D eigenvalue weighted by Gasteiger charge is 2.21. The second-order valence-corrected chi connectivity index (χ2v) is 4.20. The number of nitrogens with one attached hydrogen (secondary N) is 2. The average Bonchev–Trinajstić information content (AvgIpc) is 2.32. The van der Waals surface area contributed by atoms with Crippen LogP contribution in [0.4, 0.5) is 10.1 Å². The molecule has 0 aliphatic carbocycles. The van der Waals surface area contributed by atoms with Gasteiger partial charge in [0.05, 0.1) is 5.69 Å². The van der Waals surface area contributed by atoms with E-state index in [0.717, 1.165) is 0 Å². The molecule has 1 unspecified atom stereocenters. The molecule has 4 nitrogen and oxygen atoms in total. The van der Waals surface area contributed by atoms with Crippen molar-refractivity contribution in [3.8, 4) is 0 Å². The molecule has 1 saturated heterocycles. The Labute approximate surface area is 98.9 Å². The van der Waals surface area contributed by atoms with E-state index in [4.69, 9.17) is 0 Å². The quantitative estimate of drug-likeness (QED) is 0.767. The molecule has 0 saturated carbocycles. The zero-order chi connectivity index (χ0) is 12.3. The van der Waals surface area contributed by atoms with Crippen molar-refractivity contribution in [1.82, 2.24) is 5.32 Å². The van der Waals surface area contributed by atoms with E-state index in [2.05, 4.69) is 15.8 Å². The van der Waals surface area contributed by atoms with Gasteiger partial charge >= 0.3 is 0 Å². The van der Waals surface area contributed by atoms with E-state index in [-0.39, 0.29) is 11.7 Å². The Morgan fingerprint density at radius 2 is 2.12 bits per heavy atom. The normalized spacial score (nSPS) is 22.4. The van der Waals surface area contributed by atoms with Gasteiger partial charge in [0, 0.05) is 13.0 Å². The van der Waals surface area contributed by atoms with Crippen molar-refractivity contribution in [2.24, 2.45) is 11.0 Å². The van der Waals surface area contributed by atoms with Crippen LogP contribution < -0.4 is 10.7 Å². The Hall–Kier alpha value is -1.91. The molecule has 1 atom stereocenters. The molecule has 2 N–H and O–H groups in total. The summed E-state index contributed by atoms with van der Waals surface area (Å²) in [4.78, 5) is 11.5. The first-order chi connectivity index (χ1) is 8.15. The SMILES string of the molecule is CC1CNC(=O)C(=NNc2ccc(F)cc2)C1. The van der Waals surface area contributed by atoms with Crippen LogP contribution >= 0.6 is 0 Å². The first-order valence-corrected chi connectivity index (χ1v) is 5.51. The summed E-state index contributed by atoms with van der Waals surface area (Å²) >= 11 is 0. The van der Waals surface area contributed by atoms with E-state index in [0.29, 0.717) is 30.3 Å². The lowest BCUT2D eigenvalue weighted by Crippen LogP contribution is -2.41. The molecular formula is C12H14FN3O. The fourth-order valence-corrected chi connectivity index (χ4v) is 1.62. The minimum Gasteiger partial charge on any atom is -0.351 e. The van der Waals surface area contributed by atoms with Crippen LogP contribution in [0.1, 0.15) is 13.3 Å². The van der Waals surface area contributed by atoms with Crippen molar-refractivity contribution in [1.29, 1.82) is 0 Å². The molecular weight excluding hydrogens is 221 g/mol. The van der Waals surface area contributed by atoms with Gasteiger partial charge in [0.15, 0.2) is 0 Å². The third-order valence-electron chi connectivity index (χ3n) is 2.58.